The quantitative estimate of drug-likeness (QED) is 0.202. The largest absolute Gasteiger partial charge is 0.381 e. The van der Waals surface area contributed by atoms with Crippen LogP contribution in [0.2, 0.25) is 0 Å². The molecule has 0 spiro atoms. The minimum absolute atomic E-state index is 0. The Kier molecular flexibility index (Phi) is 27.4. The second kappa shape index (κ2) is 25.1. The fraction of sp³-hybridized carbons (Fsp3) is 1.00. The van der Waals surface area contributed by atoms with Gasteiger partial charge in [-0.2, -0.15) is 0 Å². The lowest BCUT2D eigenvalue weighted by Crippen LogP contribution is -1.97. The summed E-state index contributed by atoms with van der Waals surface area (Å²) < 4.78 is 5.75. The van der Waals surface area contributed by atoms with E-state index in [0.29, 0.717) is 0 Å². The number of rotatable bonds is 20. The second-order valence-corrected chi connectivity index (χ2v) is 7.27. The minimum Gasteiger partial charge on any atom is -0.381 e. The van der Waals surface area contributed by atoms with Crippen LogP contribution in [0.25, 0.3) is 0 Å². The number of unbranched alkanes of at least 4 members (excludes halogenated alkanes) is 16. The van der Waals surface area contributed by atoms with E-state index in [9.17, 15) is 0 Å². The van der Waals surface area contributed by atoms with E-state index in [-0.39, 0.29) is 4.70 Å². The lowest BCUT2D eigenvalue weighted by molar-refractivity contribution is 0.125. The second-order valence-electron chi connectivity index (χ2n) is 7.27. The van der Waals surface area contributed by atoms with E-state index < -0.39 is 0 Å². The molecule has 24 heavy (non-hydrogen) atoms. The average molecular weight is 347 g/mol. The molecule has 0 rings (SSSR count). The van der Waals surface area contributed by atoms with Crippen molar-refractivity contribution in [1.82, 2.24) is 0 Å². The molecule has 0 aromatic carbocycles. The predicted molar refractivity (Wildman–Crippen MR) is 108 cm³/mol. The summed E-state index contributed by atoms with van der Waals surface area (Å²) in [4.78, 5) is 0. The molecule has 148 valence electrons. The summed E-state index contributed by atoms with van der Waals surface area (Å²) in [6, 6.07) is 0. The first-order valence-electron chi connectivity index (χ1n) is 11.0. The molecule has 0 bridgehead atoms. The van der Waals surface area contributed by atoms with Crippen LogP contribution in [0.3, 0.4) is 0 Å². The van der Waals surface area contributed by atoms with Crippen molar-refractivity contribution in [2.75, 3.05) is 13.2 Å². The summed E-state index contributed by atoms with van der Waals surface area (Å²) in [6.45, 7) is 6.56. The third-order valence-corrected chi connectivity index (χ3v) is 4.78. The van der Waals surface area contributed by atoms with Gasteiger partial charge in [0.2, 0.25) is 0 Å². The zero-order valence-corrected chi connectivity index (χ0v) is 17.0. The zero-order valence-electron chi connectivity index (χ0n) is 17.0. The van der Waals surface area contributed by atoms with Crippen molar-refractivity contribution >= 4 is 0 Å². The first-order chi connectivity index (χ1) is 11.4. The molecule has 0 amide bonds. The molecular formula is C22H47FO. The van der Waals surface area contributed by atoms with Crippen LogP contribution in [0.1, 0.15) is 129 Å². The monoisotopic (exact) mass is 346 g/mol. The Bertz CT molecular complexity index is 176. The van der Waals surface area contributed by atoms with Gasteiger partial charge < -0.3 is 4.74 Å². The smallest absolute Gasteiger partial charge is 0.0466 e. The molecule has 0 N–H and O–H groups in total. The van der Waals surface area contributed by atoms with Crippen molar-refractivity contribution in [3.05, 3.63) is 0 Å². The van der Waals surface area contributed by atoms with Gasteiger partial charge in [0.15, 0.2) is 0 Å². The highest BCUT2D eigenvalue weighted by molar-refractivity contribution is 4.48. The number of halogens is 1. The molecule has 0 aliphatic carbocycles. The van der Waals surface area contributed by atoms with Crippen LogP contribution in [0, 0.1) is 0 Å². The third-order valence-electron chi connectivity index (χ3n) is 4.78. The van der Waals surface area contributed by atoms with Crippen LogP contribution in [-0.2, 0) is 4.74 Å². The molecule has 0 saturated heterocycles. The highest BCUT2D eigenvalue weighted by atomic mass is 19.0. The van der Waals surface area contributed by atoms with Crippen molar-refractivity contribution < 1.29 is 9.44 Å². The van der Waals surface area contributed by atoms with E-state index in [4.69, 9.17) is 4.74 Å². The van der Waals surface area contributed by atoms with Crippen LogP contribution >= 0.6 is 0 Å². The lowest BCUT2D eigenvalue weighted by atomic mass is 10.1. The summed E-state index contributed by atoms with van der Waals surface area (Å²) >= 11 is 0. The zero-order chi connectivity index (χ0) is 16.8. The van der Waals surface area contributed by atoms with Crippen LogP contribution in [0.15, 0.2) is 0 Å². The fourth-order valence-electron chi connectivity index (χ4n) is 3.13. The molecular weight excluding hydrogens is 299 g/mol. The summed E-state index contributed by atoms with van der Waals surface area (Å²) in [5, 5.41) is 0. The molecule has 0 radical (unpaired) electrons. The van der Waals surface area contributed by atoms with Crippen LogP contribution < -0.4 is 0 Å². The Morgan fingerprint density at radius 1 is 0.375 bits per heavy atom. The Morgan fingerprint density at radius 2 is 0.625 bits per heavy atom. The van der Waals surface area contributed by atoms with E-state index in [1.807, 2.05) is 0 Å². The van der Waals surface area contributed by atoms with Crippen molar-refractivity contribution in [1.29, 1.82) is 0 Å². The molecule has 0 unspecified atom stereocenters. The maximum atomic E-state index is 5.75. The fourth-order valence-corrected chi connectivity index (χ4v) is 3.13. The van der Waals surface area contributed by atoms with Gasteiger partial charge in [-0.05, 0) is 12.8 Å². The van der Waals surface area contributed by atoms with Gasteiger partial charge in [-0.15, -0.1) is 0 Å². The van der Waals surface area contributed by atoms with Gasteiger partial charge in [-0.1, -0.05) is 117 Å². The summed E-state index contributed by atoms with van der Waals surface area (Å²) in [5.41, 5.74) is 0. The van der Waals surface area contributed by atoms with Gasteiger partial charge in [-0.3, -0.25) is 4.70 Å². The van der Waals surface area contributed by atoms with Crippen LogP contribution in [-0.4, -0.2) is 13.2 Å². The standard InChI is InChI=1S/C22H46O.FH/c1-3-5-7-9-11-13-15-17-19-21-23-22-20-18-16-14-12-10-8-6-4-2;/h3-22H2,1-2H3;1H. The van der Waals surface area contributed by atoms with Gasteiger partial charge >= 0.3 is 0 Å². The third kappa shape index (κ3) is 24.1. The maximum absolute atomic E-state index is 5.75. The Balaban J connectivity index is 0. The van der Waals surface area contributed by atoms with E-state index in [0.717, 1.165) is 13.2 Å². The number of ether oxygens (including phenoxy) is 1. The molecule has 0 heterocycles. The number of hydrogen-bond acceptors (Lipinski definition) is 1. The first kappa shape index (κ1) is 26.1. The van der Waals surface area contributed by atoms with Gasteiger partial charge in [0.25, 0.3) is 0 Å². The predicted octanol–water partition coefficient (Wildman–Crippen LogP) is 8.22. The molecule has 0 atom stereocenters. The summed E-state index contributed by atoms with van der Waals surface area (Å²) in [6.07, 6.45) is 25.2. The molecule has 0 aromatic heterocycles. The van der Waals surface area contributed by atoms with Crippen LogP contribution in [0.4, 0.5) is 4.70 Å². The summed E-state index contributed by atoms with van der Waals surface area (Å²) in [7, 11) is 0. The highest BCUT2D eigenvalue weighted by Crippen LogP contribution is 2.11. The Hall–Kier alpha value is -0.110. The maximum Gasteiger partial charge on any atom is 0.0466 e. The van der Waals surface area contributed by atoms with Gasteiger partial charge in [0.1, 0.15) is 0 Å². The molecule has 0 aliphatic heterocycles. The van der Waals surface area contributed by atoms with Gasteiger partial charge in [-0.25, -0.2) is 0 Å². The topological polar surface area (TPSA) is 9.23 Å². The van der Waals surface area contributed by atoms with Crippen molar-refractivity contribution in [3.8, 4) is 0 Å². The number of hydrogen-bond donors (Lipinski definition) is 0. The minimum atomic E-state index is 0. The molecule has 0 saturated carbocycles. The normalized spacial score (nSPS) is 10.8. The summed E-state index contributed by atoms with van der Waals surface area (Å²) in [5.74, 6) is 0. The average Bonchev–Trinajstić information content (AvgIpc) is 2.57. The molecule has 1 nitrogen and oxygen atoms in total. The molecule has 2 heteroatoms. The highest BCUT2D eigenvalue weighted by Gasteiger charge is 1.94. The van der Waals surface area contributed by atoms with Crippen molar-refractivity contribution in [2.45, 2.75) is 129 Å². The van der Waals surface area contributed by atoms with E-state index in [1.165, 1.54) is 116 Å². The van der Waals surface area contributed by atoms with E-state index in [2.05, 4.69) is 13.8 Å². The molecule has 0 aliphatic rings. The van der Waals surface area contributed by atoms with E-state index in [1.54, 1.807) is 0 Å². The van der Waals surface area contributed by atoms with Crippen molar-refractivity contribution in [2.24, 2.45) is 0 Å². The van der Waals surface area contributed by atoms with Crippen molar-refractivity contribution in [3.63, 3.8) is 0 Å². The Morgan fingerprint density at radius 3 is 0.917 bits per heavy atom. The van der Waals surface area contributed by atoms with Gasteiger partial charge in [0.05, 0.1) is 0 Å². The Labute approximate surface area is 152 Å². The SMILES string of the molecule is CCCCCCCCCCCOCCCCCCCCCCC.F. The molecule has 0 fully saturated rings. The van der Waals surface area contributed by atoms with Crippen LogP contribution in [0.5, 0.6) is 0 Å². The first-order valence-corrected chi connectivity index (χ1v) is 11.0. The molecule has 0 aromatic rings. The van der Waals surface area contributed by atoms with E-state index >= 15 is 0 Å². The lowest BCUT2D eigenvalue weighted by Gasteiger charge is -2.05. The van der Waals surface area contributed by atoms with Gasteiger partial charge in [0, 0.05) is 13.2 Å².